The third-order valence-corrected chi connectivity index (χ3v) is 1.82. The number of ether oxygens (including phenoxy) is 1. The Kier molecular flexibility index (Phi) is 3.64. The van der Waals surface area contributed by atoms with Gasteiger partial charge in [-0.1, -0.05) is 23.2 Å². The largest absolute Gasteiger partial charge is 0.421 e. The number of aromatic nitrogens is 2. The Labute approximate surface area is 92.7 Å². The Balaban J connectivity index is 2.69. The average Bonchev–Trinajstić information content (AvgIpc) is 2.47. The molecule has 1 rings (SSSR count). The summed E-state index contributed by atoms with van der Waals surface area (Å²) in [4.78, 5) is 37.2. The number of nitrogens with one attached hydrogen (secondary N) is 2. The van der Waals surface area contributed by atoms with Gasteiger partial charge in [0.2, 0.25) is 12.2 Å². The van der Waals surface area contributed by atoms with Crippen molar-refractivity contribution in [2.75, 3.05) is 0 Å². The van der Waals surface area contributed by atoms with Gasteiger partial charge in [-0.2, -0.15) is 0 Å². The molecule has 2 amide bonds. The van der Waals surface area contributed by atoms with E-state index in [1.807, 2.05) is 0 Å². The lowest BCUT2D eigenvalue weighted by Gasteiger charge is -1.97. The van der Waals surface area contributed by atoms with Gasteiger partial charge < -0.3 is 9.72 Å². The molecule has 0 bridgehead atoms. The van der Waals surface area contributed by atoms with E-state index in [-0.39, 0.29) is 22.5 Å². The first kappa shape index (κ1) is 11.5. The van der Waals surface area contributed by atoms with E-state index in [2.05, 4.69) is 14.7 Å². The smallest absolute Gasteiger partial charge is 0.370 e. The Bertz CT molecular complexity index is 397. The number of halogens is 2. The van der Waals surface area contributed by atoms with Gasteiger partial charge >= 0.3 is 12.1 Å². The molecule has 0 saturated heterocycles. The summed E-state index contributed by atoms with van der Waals surface area (Å²) in [6, 6.07) is 0. The van der Waals surface area contributed by atoms with Gasteiger partial charge in [0.15, 0.2) is 5.15 Å². The van der Waals surface area contributed by atoms with E-state index < -0.39 is 12.1 Å². The first-order valence-corrected chi connectivity index (χ1v) is 4.17. The minimum absolute atomic E-state index is 0.0561. The van der Waals surface area contributed by atoms with Gasteiger partial charge in [0.25, 0.3) is 0 Å². The van der Waals surface area contributed by atoms with Gasteiger partial charge in [0.05, 0.1) is 0 Å². The third-order valence-electron chi connectivity index (χ3n) is 1.17. The molecule has 0 saturated carbocycles. The molecule has 1 aromatic heterocycles. The number of carbonyl (C=O) groups excluding carboxylic acids is 3. The van der Waals surface area contributed by atoms with Crippen LogP contribution in [0.5, 0.6) is 0 Å². The number of hydrogen-bond donors (Lipinski definition) is 2. The van der Waals surface area contributed by atoms with Crippen molar-refractivity contribution in [2.45, 2.75) is 0 Å². The predicted octanol–water partition coefficient (Wildman–Crippen LogP) is 0.739. The molecule has 1 heterocycles. The monoisotopic (exact) mass is 251 g/mol. The first-order chi connectivity index (χ1) is 7.04. The van der Waals surface area contributed by atoms with Gasteiger partial charge in [0, 0.05) is 0 Å². The maximum Gasteiger partial charge on any atom is 0.421 e. The molecule has 0 spiro atoms. The van der Waals surface area contributed by atoms with Crippen LogP contribution < -0.4 is 5.32 Å². The summed E-state index contributed by atoms with van der Waals surface area (Å²) in [5, 5.41) is 1.42. The van der Waals surface area contributed by atoms with Crippen LogP contribution in [0.2, 0.25) is 10.3 Å². The van der Waals surface area contributed by atoms with Crippen molar-refractivity contribution >= 4 is 41.7 Å². The summed E-state index contributed by atoms with van der Waals surface area (Å²) in [6.45, 7) is 0. The van der Waals surface area contributed by atoms with Crippen molar-refractivity contribution < 1.29 is 19.1 Å². The number of aromatic amines is 1. The number of carbonyl (C=O) groups is 3. The molecule has 0 atom stereocenters. The molecule has 7 nitrogen and oxygen atoms in total. The molecule has 0 radical (unpaired) electrons. The second-order valence-electron chi connectivity index (χ2n) is 2.13. The normalized spacial score (nSPS) is 9.47. The molecule has 1 aromatic rings. The number of H-pyrrole nitrogens is 1. The zero-order valence-corrected chi connectivity index (χ0v) is 8.43. The van der Waals surface area contributed by atoms with Gasteiger partial charge in [-0.15, -0.1) is 0 Å². The highest BCUT2D eigenvalue weighted by molar-refractivity contribution is 6.40. The fraction of sp³-hybridized carbons (Fsp3) is 0. The summed E-state index contributed by atoms with van der Waals surface area (Å²) in [5.41, 5.74) is 0. The quantitative estimate of drug-likeness (QED) is 0.459. The van der Waals surface area contributed by atoms with Crippen LogP contribution in [0.25, 0.3) is 0 Å². The number of alkyl carbamates (subject to hydrolysis) is 1. The Hall–Kier alpha value is -1.60. The second-order valence-corrected chi connectivity index (χ2v) is 2.87. The van der Waals surface area contributed by atoms with E-state index >= 15 is 0 Å². The van der Waals surface area contributed by atoms with E-state index in [9.17, 15) is 14.4 Å². The van der Waals surface area contributed by atoms with Crippen LogP contribution in [-0.4, -0.2) is 28.4 Å². The van der Waals surface area contributed by atoms with Gasteiger partial charge in [-0.05, 0) is 0 Å². The van der Waals surface area contributed by atoms with Crippen molar-refractivity contribution in [1.29, 1.82) is 0 Å². The van der Waals surface area contributed by atoms with Crippen molar-refractivity contribution in [2.24, 2.45) is 0 Å². The lowest BCUT2D eigenvalue weighted by molar-refractivity contribution is -0.108. The molecular weight excluding hydrogens is 249 g/mol. The van der Waals surface area contributed by atoms with Crippen LogP contribution >= 0.6 is 23.2 Å². The Morgan fingerprint density at radius 2 is 2.13 bits per heavy atom. The summed E-state index contributed by atoms with van der Waals surface area (Å²) in [6.07, 6.45) is -1.16. The average molecular weight is 252 g/mol. The van der Waals surface area contributed by atoms with Gasteiger partial charge in [-0.25, -0.2) is 14.6 Å². The number of hydrogen-bond acceptors (Lipinski definition) is 5. The number of amides is 2. The van der Waals surface area contributed by atoms with Crippen molar-refractivity contribution in [3.8, 4) is 0 Å². The van der Waals surface area contributed by atoms with E-state index in [1.165, 1.54) is 0 Å². The molecule has 0 aliphatic rings. The molecule has 80 valence electrons. The number of imidazole rings is 1. The van der Waals surface area contributed by atoms with Crippen LogP contribution in [0.15, 0.2) is 0 Å². The highest BCUT2D eigenvalue weighted by Crippen LogP contribution is 2.17. The molecule has 0 unspecified atom stereocenters. The second kappa shape index (κ2) is 4.76. The first-order valence-electron chi connectivity index (χ1n) is 3.42. The number of nitrogens with zero attached hydrogens (tertiary/aromatic N) is 1. The molecule has 2 N–H and O–H groups in total. The summed E-state index contributed by atoms with van der Waals surface area (Å²) in [5.74, 6) is -1.45. The molecule has 0 aliphatic carbocycles. The SMILES string of the molecule is O=CNC(=O)OC(=O)c1nc(Cl)c(Cl)[nH]1. The Morgan fingerprint density at radius 1 is 1.47 bits per heavy atom. The fourth-order valence-electron chi connectivity index (χ4n) is 0.637. The molecular formula is C6H3Cl2N3O4. The van der Waals surface area contributed by atoms with Gasteiger partial charge in [-0.3, -0.25) is 10.1 Å². The van der Waals surface area contributed by atoms with Crippen LogP contribution in [0.3, 0.4) is 0 Å². The lowest BCUT2D eigenvalue weighted by atomic mass is 10.6. The highest BCUT2D eigenvalue weighted by atomic mass is 35.5. The molecule has 15 heavy (non-hydrogen) atoms. The number of esters is 1. The summed E-state index contributed by atoms with van der Waals surface area (Å²) >= 11 is 10.9. The molecule has 9 heteroatoms. The minimum Gasteiger partial charge on any atom is -0.370 e. The zero-order chi connectivity index (χ0) is 11.4. The maximum absolute atomic E-state index is 11.1. The summed E-state index contributed by atoms with van der Waals surface area (Å²) in [7, 11) is 0. The zero-order valence-electron chi connectivity index (χ0n) is 6.91. The van der Waals surface area contributed by atoms with Crippen LogP contribution in [-0.2, 0) is 9.53 Å². The lowest BCUT2D eigenvalue weighted by Crippen LogP contribution is -2.25. The third kappa shape index (κ3) is 2.93. The summed E-state index contributed by atoms with van der Waals surface area (Å²) < 4.78 is 4.11. The van der Waals surface area contributed by atoms with Crippen molar-refractivity contribution in [1.82, 2.24) is 15.3 Å². The van der Waals surface area contributed by atoms with Crippen LogP contribution in [0.4, 0.5) is 4.79 Å². The highest BCUT2D eigenvalue weighted by Gasteiger charge is 2.18. The molecule has 0 aliphatic heterocycles. The van der Waals surface area contributed by atoms with Crippen molar-refractivity contribution in [3.63, 3.8) is 0 Å². The van der Waals surface area contributed by atoms with E-state index in [4.69, 9.17) is 23.2 Å². The number of imide groups is 1. The Morgan fingerprint density at radius 3 is 2.60 bits per heavy atom. The van der Waals surface area contributed by atoms with Crippen molar-refractivity contribution in [3.05, 3.63) is 16.1 Å². The fourth-order valence-corrected chi connectivity index (χ4v) is 0.901. The molecule has 0 aromatic carbocycles. The molecule has 0 fully saturated rings. The van der Waals surface area contributed by atoms with E-state index in [0.717, 1.165) is 0 Å². The maximum atomic E-state index is 11.1. The van der Waals surface area contributed by atoms with Gasteiger partial charge in [0.1, 0.15) is 5.15 Å². The van der Waals surface area contributed by atoms with E-state index in [1.54, 1.807) is 5.32 Å². The van der Waals surface area contributed by atoms with Crippen LogP contribution in [0.1, 0.15) is 10.6 Å². The van der Waals surface area contributed by atoms with E-state index in [0.29, 0.717) is 0 Å². The standard InChI is InChI=1S/C6H3Cl2N3O4/c7-2-3(8)11-4(10-2)5(13)15-6(14)9-1-12/h1H,(H,10,11)(H,9,12,14). The number of rotatable bonds is 2. The topological polar surface area (TPSA) is 101 Å². The van der Waals surface area contributed by atoms with Crippen LogP contribution in [0, 0.1) is 0 Å². The minimum atomic E-state index is -1.22. The predicted molar refractivity (Wildman–Crippen MR) is 48.6 cm³/mol.